The second-order valence-corrected chi connectivity index (χ2v) is 8.16. The van der Waals surface area contributed by atoms with Gasteiger partial charge in [0.15, 0.2) is 0 Å². The van der Waals surface area contributed by atoms with Gasteiger partial charge in [-0.2, -0.15) is 4.37 Å². The van der Waals surface area contributed by atoms with Gasteiger partial charge in [0.1, 0.15) is 20.7 Å². The maximum Gasteiger partial charge on any atom is 0.150 e. The quantitative estimate of drug-likeness (QED) is 0.893. The summed E-state index contributed by atoms with van der Waals surface area (Å²) in [6.45, 7) is 0. The second kappa shape index (κ2) is 5.61. The van der Waals surface area contributed by atoms with E-state index in [0.29, 0.717) is 18.7 Å². The van der Waals surface area contributed by atoms with E-state index in [-0.39, 0.29) is 17.5 Å². The maximum absolute atomic E-state index is 11.5. The fraction of sp³-hybridized carbons (Fsp3) is 0.385. The van der Waals surface area contributed by atoms with E-state index in [1.807, 2.05) is 12.1 Å². The van der Waals surface area contributed by atoms with E-state index in [2.05, 4.69) is 14.7 Å². The monoisotopic (exact) mass is 324 g/mol. The van der Waals surface area contributed by atoms with Crippen molar-refractivity contribution in [3.05, 3.63) is 24.5 Å². The van der Waals surface area contributed by atoms with E-state index in [0.717, 1.165) is 16.1 Å². The molecule has 112 valence electrons. The molecule has 0 radical (unpaired) electrons. The van der Waals surface area contributed by atoms with Gasteiger partial charge in [-0.05, 0) is 30.4 Å². The summed E-state index contributed by atoms with van der Waals surface area (Å²) >= 11 is 1.30. The molecule has 0 bridgehead atoms. The molecule has 1 fully saturated rings. The number of sulfone groups is 1. The first-order chi connectivity index (χ1) is 10.1. The highest BCUT2D eigenvalue weighted by atomic mass is 32.2. The molecule has 0 aliphatic carbocycles. The third-order valence-corrected chi connectivity index (χ3v) is 6.07. The van der Waals surface area contributed by atoms with Crippen molar-refractivity contribution in [2.75, 3.05) is 22.6 Å². The summed E-state index contributed by atoms with van der Waals surface area (Å²) < 4.78 is 27.1. The van der Waals surface area contributed by atoms with Crippen molar-refractivity contribution < 1.29 is 8.42 Å². The molecule has 0 amide bonds. The zero-order valence-electron chi connectivity index (χ0n) is 11.3. The lowest BCUT2D eigenvalue weighted by Gasteiger charge is -2.23. The molecule has 2 aromatic heterocycles. The molecule has 8 heteroatoms. The summed E-state index contributed by atoms with van der Waals surface area (Å²) in [6, 6.07) is 3.93. The Bertz CT molecular complexity index is 714. The largest absolute Gasteiger partial charge is 0.382 e. The molecule has 0 unspecified atom stereocenters. The smallest absolute Gasteiger partial charge is 0.150 e. The van der Waals surface area contributed by atoms with Crippen LogP contribution in [0.5, 0.6) is 0 Å². The summed E-state index contributed by atoms with van der Waals surface area (Å²) in [7, 11) is -2.85. The molecule has 1 aliphatic heterocycles. The van der Waals surface area contributed by atoms with Crippen molar-refractivity contribution in [3.8, 4) is 11.1 Å². The zero-order chi connectivity index (χ0) is 14.9. The normalized spacial score (nSPS) is 18.5. The van der Waals surface area contributed by atoms with Crippen LogP contribution in [0.2, 0.25) is 0 Å². The highest BCUT2D eigenvalue weighted by Crippen LogP contribution is 2.37. The standard InChI is InChI=1S/C13H16N4O2S2/c14-12-11(9-2-1-5-15-8-9)13(20-17-12)16-10-3-6-21(18,19)7-4-10/h1-2,5,8,10,16H,3-4,6-7H2,(H2,14,17). The lowest BCUT2D eigenvalue weighted by atomic mass is 10.1. The highest BCUT2D eigenvalue weighted by molar-refractivity contribution is 7.91. The summed E-state index contributed by atoms with van der Waals surface area (Å²) in [4.78, 5) is 4.10. The van der Waals surface area contributed by atoms with E-state index in [9.17, 15) is 8.42 Å². The predicted octanol–water partition coefficient (Wildman–Crippen LogP) is 1.78. The number of anilines is 2. The average Bonchev–Trinajstić information content (AvgIpc) is 2.83. The molecule has 1 saturated heterocycles. The Labute approximate surface area is 127 Å². The number of rotatable bonds is 3. The number of hydrogen-bond donors (Lipinski definition) is 2. The topological polar surface area (TPSA) is 98.0 Å². The Balaban J connectivity index is 1.81. The molecule has 3 heterocycles. The van der Waals surface area contributed by atoms with Gasteiger partial charge < -0.3 is 11.1 Å². The Morgan fingerprint density at radius 2 is 2.10 bits per heavy atom. The zero-order valence-corrected chi connectivity index (χ0v) is 13.0. The van der Waals surface area contributed by atoms with Gasteiger partial charge in [-0.25, -0.2) is 8.42 Å². The molecular formula is C13H16N4O2S2. The van der Waals surface area contributed by atoms with Crippen LogP contribution in [0.3, 0.4) is 0 Å². The SMILES string of the molecule is Nc1nsc(NC2CCS(=O)(=O)CC2)c1-c1cccnc1. The lowest BCUT2D eigenvalue weighted by Crippen LogP contribution is -2.32. The van der Waals surface area contributed by atoms with Gasteiger partial charge in [-0.1, -0.05) is 6.07 Å². The van der Waals surface area contributed by atoms with Crippen LogP contribution in [0.25, 0.3) is 11.1 Å². The van der Waals surface area contributed by atoms with Gasteiger partial charge in [0.2, 0.25) is 0 Å². The minimum atomic E-state index is -2.85. The summed E-state index contributed by atoms with van der Waals surface area (Å²) in [5.41, 5.74) is 7.72. The van der Waals surface area contributed by atoms with Crippen LogP contribution in [-0.2, 0) is 9.84 Å². The molecule has 0 atom stereocenters. The maximum atomic E-state index is 11.5. The van der Waals surface area contributed by atoms with Gasteiger partial charge in [0, 0.05) is 24.0 Å². The van der Waals surface area contributed by atoms with E-state index in [4.69, 9.17) is 5.73 Å². The minimum Gasteiger partial charge on any atom is -0.382 e. The first-order valence-electron chi connectivity index (χ1n) is 6.68. The molecular weight excluding hydrogens is 308 g/mol. The van der Waals surface area contributed by atoms with Gasteiger partial charge >= 0.3 is 0 Å². The van der Waals surface area contributed by atoms with Gasteiger partial charge in [0.05, 0.1) is 17.1 Å². The summed E-state index contributed by atoms with van der Waals surface area (Å²) in [5.74, 6) is 0.946. The Hall–Kier alpha value is -1.67. The van der Waals surface area contributed by atoms with Crippen LogP contribution in [0, 0.1) is 0 Å². The van der Waals surface area contributed by atoms with E-state index in [1.165, 1.54) is 11.5 Å². The van der Waals surface area contributed by atoms with Crippen molar-refractivity contribution in [1.82, 2.24) is 9.36 Å². The number of pyridine rings is 1. The number of hydrogen-bond acceptors (Lipinski definition) is 7. The van der Waals surface area contributed by atoms with E-state index < -0.39 is 9.84 Å². The first kappa shape index (κ1) is 14.3. The van der Waals surface area contributed by atoms with Crippen LogP contribution in [0.4, 0.5) is 10.8 Å². The number of aromatic nitrogens is 2. The predicted molar refractivity (Wildman–Crippen MR) is 85.1 cm³/mol. The second-order valence-electron chi connectivity index (χ2n) is 5.08. The van der Waals surface area contributed by atoms with Crippen LogP contribution < -0.4 is 11.1 Å². The molecule has 0 spiro atoms. The number of nitrogens with zero attached hydrogens (tertiary/aromatic N) is 2. The van der Waals surface area contributed by atoms with Crippen molar-refractivity contribution >= 4 is 32.2 Å². The van der Waals surface area contributed by atoms with Crippen LogP contribution in [0.1, 0.15) is 12.8 Å². The van der Waals surface area contributed by atoms with Crippen molar-refractivity contribution in [2.45, 2.75) is 18.9 Å². The molecule has 2 aromatic rings. The average molecular weight is 324 g/mol. The highest BCUT2D eigenvalue weighted by Gasteiger charge is 2.25. The minimum absolute atomic E-state index is 0.142. The summed E-state index contributed by atoms with van der Waals surface area (Å²) in [5, 5.41) is 4.27. The van der Waals surface area contributed by atoms with Crippen molar-refractivity contribution in [1.29, 1.82) is 0 Å². The van der Waals surface area contributed by atoms with Gasteiger partial charge in [0.25, 0.3) is 0 Å². The van der Waals surface area contributed by atoms with E-state index in [1.54, 1.807) is 12.4 Å². The fourth-order valence-electron chi connectivity index (χ4n) is 2.41. The van der Waals surface area contributed by atoms with Crippen LogP contribution in [0.15, 0.2) is 24.5 Å². The first-order valence-corrected chi connectivity index (χ1v) is 9.27. The number of nitrogen functional groups attached to an aromatic ring is 1. The molecule has 21 heavy (non-hydrogen) atoms. The van der Waals surface area contributed by atoms with Crippen LogP contribution in [-0.4, -0.2) is 35.3 Å². The molecule has 0 saturated carbocycles. The third-order valence-electron chi connectivity index (χ3n) is 3.56. The summed E-state index contributed by atoms with van der Waals surface area (Å²) in [6.07, 6.45) is 4.69. The number of nitrogens with two attached hydrogens (primary N) is 1. The van der Waals surface area contributed by atoms with E-state index >= 15 is 0 Å². The molecule has 6 nitrogen and oxygen atoms in total. The molecule has 3 N–H and O–H groups in total. The lowest BCUT2D eigenvalue weighted by molar-refractivity contribution is 0.560. The Kier molecular flexibility index (Phi) is 3.81. The van der Waals surface area contributed by atoms with Crippen molar-refractivity contribution in [3.63, 3.8) is 0 Å². The van der Waals surface area contributed by atoms with Crippen molar-refractivity contribution in [2.24, 2.45) is 0 Å². The van der Waals surface area contributed by atoms with Gasteiger partial charge in [-0.15, -0.1) is 0 Å². The van der Waals surface area contributed by atoms with Crippen LogP contribution >= 0.6 is 11.5 Å². The third kappa shape index (κ3) is 3.16. The Morgan fingerprint density at radius 3 is 2.76 bits per heavy atom. The fourth-order valence-corrected chi connectivity index (χ4v) is 4.72. The molecule has 1 aliphatic rings. The molecule has 0 aromatic carbocycles. The Morgan fingerprint density at radius 1 is 1.33 bits per heavy atom. The number of nitrogens with one attached hydrogen (secondary N) is 1. The van der Waals surface area contributed by atoms with Gasteiger partial charge in [-0.3, -0.25) is 4.98 Å². The molecule has 3 rings (SSSR count).